The van der Waals surface area contributed by atoms with Crippen molar-refractivity contribution in [1.82, 2.24) is 4.90 Å². The number of oxime groups is 1. The molecule has 6 atom stereocenters. The Balaban J connectivity index is 1.45. The summed E-state index contributed by atoms with van der Waals surface area (Å²) in [7, 11) is 0. The zero-order chi connectivity index (χ0) is 46.3. The standard InChI is InChI=1S/C53H59N3O10/c1-2-27-63-53-49(56(23-28-62-29-26-59)52(61)40-19-17-37(34-54)18-20-40)33-47(55-64-36-38-11-4-3-5-12-38)45-31-41(14-6-8-24-57)44(16-7-9-25-58)50(51(45)53)46-32-43(21-22-48(46)66-53)65-42-15-10-13-39(30-42)35-60/h2-5,10-13,15,17-22,30-32,35,41,44,49-51,57-59H,1,6-9,14,16,23-29,33,36H2/t41-,44+,49-,50+,51+,53+/m0/s1. The van der Waals surface area contributed by atoms with Gasteiger partial charge in [0.25, 0.3) is 5.91 Å². The lowest BCUT2D eigenvalue weighted by Crippen LogP contribution is -2.70. The quantitative estimate of drug-likeness (QED) is 0.0267. The van der Waals surface area contributed by atoms with E-state index in [0.29, 0.717) is 52.5 Å². The van der Waals surface area contributed by atoms with Crippen LogP contribution in [0.2, 0.25) is 0 Å². The molecule has 0 bridgehead atoms. The maximum Gasteiger partial charge on any atom is 0.254 e. The molecule has 13 heteroatoms. The average molecular weight is 898 g/mol. The van der Waals surface area contributed by atoms with Crippen molar-refractivity contribution < 1.29 is 48.7 Å². The Bertz CT molecular complexity index is 2360. The molecule has 1 aliphatic heterocycles. The molecule has 1 saturated carbocycles. The van der Waals surface area contributed by atoms with Gasteiger partial charge in [0.2, 0.25) is 5.79 Å². The second kappa shape index (κ2) is 23.4. The summed E-state index contributed by atoms with van der Waals surface area (Å²) < 4.78 is 26.8. The van der Waals surface area contributed by atoms with E-state index in [9.17, 15) is 25.4 Å². The normalized spacial score (nSPS) is 22.2. The Morgan fingerprint density at radius 2 is 1.68 bits per heavy atom. The summed E-state index contributed by atoms with van der Waals surface area (Å²) in [4.78, 5) is 34.8. The van der Waals surface area contributed by atoms with E-state index in [0.717, 1.165) is 48.7 Å². The number of aliphatic hydroxyl groups excluding tert-OH is 3. The smallest absolute Gasteiger partial charge is 0.254 e. The minimum absolute atomic E-state index is 0.00235. The van der Waals surface area contributed by atoms with Crippen LogP contribution >= 0.6 is 0 Å². The number of nitriles is 1. The maximum absolute atomic E-state index is 15.1. The Kier molecular flexibility index (Phi) is 16.9. The topological polar surface area (TPSA) is 180 Å². The number of hydrogen-bond acceptors (Lipinski definition) is 12. The lowest BCUT2D eigenvalue weighted by atomic mass is 9.55. The lowest BCUT2D eigenvalue weighted by Gasteiger charge is -2.60. The van der Waals surface area contributed by atoms with Crippen molar-refractivity contribution in [2.45, 2.75) is 69.3 Å². The first-order valence-electron chi connectivity index (χ1n) is 22.8. The van der Waals surface area contributed by atoms with Gasteiger partial charge in [-0.15, -0.1) is 6.58 Å². The minimum Gasteiger partial charge on any atom is -0.459 e. The first-order chi connectivity index (χ1) is 32.4. The molecule has 7 rings (SSSR count). The molecule has 1 fully saturated rings. The van der Waals surface area contributed by atoms with Crippen LogP contribution in [-0.2, 0) is 20.9 Å². The van der Waals surface area contributed by atoms with Crippen molar-refractivity contribution in [3.8, 4) is 23.3 Å². The number of unbranched alkanes of at least 4 members (excludes halogenated alkanes) is 2. The minimum atomic E-state index is -1.54. The number of ether oxygens (including phenoxy) is 4. The largest absolute Gasteiger partial charge is 0.459 e. The Morgan fingerprint density at radius 3 is 2.41 bits per heavy atom. The number of fused-ring (bicyclic) bond motifs is 2. The fourth-order valence-corrected chi connectivity index (χ4v) is 9.84. The molecule has 1 amide bonds. The second-order valence-corrected chi connectivity index (χ2v) is 16.8. The number of hydrogen-bond donors (Lipinski definition) is 3. The van der Waals surface area contributed by atoms with Gasteiger partial charge in [0, 0.05) is 48.8 Å². The molecule has 4 aromatic rings. The molecule has 66 heavy (non-hydrogen) atoms. The SMILES string of the molecule is C=CCO[C@@]12Oc3ccc(Oc4cccc(C=O)c4)cc3[C@H]3[C@H](CCCCO)[C@@H](CCCCO)C=C(C(=NOCc4ccccc4)C[C@@H]1N(CCOCCO)C(=O)c1ccc(C#N)cc1)[C@H]32. The average Bonchev–Trinajstić information content (AvgIpc) is 3.35. The third-order valence-electron chi connectivity index (χ3n) is 12.7. The summed E-state index contributed by atoms with van der Waals surface area (Å²) in [6.45, 7) is 4.46. The lowest BCUT2D eigenvalue weighted by molar-refractivity contribution is -0.254. The van der Waals surface area contributed by atoms with E-state index in [-0.39, 0.29) is 82.9 Å². The van der Waals surface area contributed by atoms with Gasteiger partial charge in [-0.25, -0.2) is 0 Å². The Hall–Kier alpha value is -6.14. The van der Waals surface area contributed by atoms with Crippen LogP contribution in [0.1, 0.15) is 88.3 Å². The third-order valence-corrected chi connectivity index (χ3v) is 12.7. The fraction of sp³-hybridized carbons (Fsp3) is 0.396. The van der Waals surface area contributed by atoms with Crippen LogP contribution in [0.3, 0.4) is 0 Å². The fourth-order valence-electron chi connectivity index (χ4n) is 9.84. The number of aldehydes is 1. The monoisotopic (exact) mass is 897 g/mol. The molecule has 0 spiro atoms. The van der Waals surface area contributed by atoms with Crippen molar-refractivity contribution >= 4 is 17.9 Å². The first-order valence-corrected chi connectivity index (χ1v) is 22.8. The van der Waals surface area contributed by atoms with Crippen molar-refractivity contribution in [2.24, 2.45) is 22.9 Å². The number of benzene rings is 4. The summed E-state index contributed by atoms with van der Waals surface area (Å²) in [5, 5.41) is 44.2. The third kappa shape index (κ3) is 10.9. The molecule has 0 aromatic heterocycles. The predicted molar refractivity (Wildman–Crippen MR) is 248 cm³/mol. The molecule has 0 unspecified atom stereocenters. The Labute approximate surface area is 386 Å². The van der Waals surface area contributed by atoms with Gasteiger partial charge in [-0.1, -0.05) is 72.6 Å². The molecule has 0 radical (unpaired) electrons. The van der Waals surface area contributed by atoms with Gasteiger partial charge in [0.1, 0.15) is 36.2 Å². The van der Waals surface area contributed by atoms with Gasteiger partial charge in [-0.3, -0.25) is 9.59 Å². The van der Waals surface area contributed by atoms with Gasteiger partial charge >= 0.3 is 0 Å². The zero-order valence-corrected chi connectivity index (χ0v) is 37.2. The van der Waals surface area contributed by atoms with E-state index < -0.39 is 17.7 Å². The van der Waals surface area contributed by atoms with Gasteiger partial charge < -0.3 is 44.0 Å². The Morgan fingerprint density at radius 1 is 0.909 bits per heavy atom. The van der Waals surface area contributed by atoms with Crippen molar-refractivity contribution in [2.75, 3.05) is 46.2 Å². The van der Waals surface area contributed by atoms with E-state index in [1.807, 2.05) is 48.5 Å². The molecule has 4 aromatic carbocycles. The number of carbonyl (C=O) groups excluding carboxylic acids is 2. The first kappa shape index (κ1) is 47.8. The number of nitrogens with zero attached hydrogens (tertiary/aromatic N) is 3. The predicted octanol–water partition coefficient (Wildman–Crippen LogP) is 8.15. The van der Waals surface area contributed by atoms with Crippen LogP contribution in [-0.4, -0.2) is 96.1 Å². The van der Waals surface area contributed by atoms with Gasteiger partial charge in [-0.05, 0) is 103 Å². The number of amides is 1. The molecule has 1 heterocycles. The molecule has 0 saturated heterocycles. The van der Waals surface area contributed by atoms with E-state index in [4.69, 9.17) is 28.9 Å². The number of aliphatic hydroxyl groups is 3. The van der Waals surface area contributed by atoms with E-state index in [1.54, 1.807) is 59.5 Å². The summed E-state index contributed by atoms with van der Waals surface area (Å²) >= 11 is 0. The van der Waals surface area contributed by atoms with Crippen LogP contribution in [0.25, 0.3) is 0 Å². The van der Waals surface area contributed by atoms with Crippen molar-refractivity contribution in [1.29, 1.82) is 5.26 Å². The molecule has 3 N–H and O–H groups in total. The van der Waals surface area contributed by atoms with Gasteiger partial charge in [0.15, 0.2) is 0 Å². The highest BCUT2D eigenvalue weighted by atomic mass is 16.7. The summed E-state index contributed by atoms with van der Waals surface area (Å²) in [5.74, 6) is -1.25. The molecule has 2 aliphatic carbocycles. The molecule has 346 valence electrons. The molecule has 3 aliphatic rings. The van der Waals surface area contributed by atoms with Crippen LogP contribution in [0.4, 0.5) is 0 Å². The van der Waals surface area contributed by atoms with E-state index in [2.05, 4.69) is 18.7 Å². The highest BCUT2D eigenvalue weighted by molar-refractivity contribution is 6.03. The summed E-state index contributed by atoms with van der Waals surface area (Å²) in [5.41, 5.74) is 4.53. The van der Waals surface area contributed by atoms with Crippen LogP contribution < -0.4 is 9.47 Å². The van der Waals surface area contributed by atoms with Crippen LogP contribution in [0.15, 0.2) is 127 Å². The number of carbonyl (C=O) groups is 2. The van der Waals surface area contributed by atoms with E-state index in [1.165, 1.54) is 0 Å². The second-order valence-electron chi connectivity index (χ2n) is 16.8. The highest BCUT2D eigenvalue weighted by Gasteiger charge is 2.65. The molecule has 13 nitrogen and oxygen atoms in total. The number of rotatable bonds is 24. The molecular formula is C53H59N3O10. The maximum atomic E-state index is 15.1. The molecular weight excluding hydrogens is 839 g/mol. The summed E-state index contributed by atoms with van der Waals surface area (Å²) in [6.07, 6.45) is 9.15. The van der Waals surface area contributed by atoms with Crippen LogP contribution in [0, 0.1) is 29.1 Å². The van der Waals surface area contributed by atoms with Gasteiger partial charge in [0.05, 0.1) is 49.7 Å². The van der Waals surface area contributed by atoms with Gasteiger partial charge in [-0.2, -0.15) is 5.26 Å². The van der Waals surface area contributed by atoms with Crippen molar-refractivity contribution in [3.63, 3.8) is 0 Å². The zero-order valence-electron chi connectivity index (χ0n) is 37.2. The number of allylic oxidation sites excluding steroid dienone is 1. The summed E-state index contributed by atoms with van der Waals surface area (Å²) in [6, 6.07) is 30.1. The van der Waals surface area contributed by atoms with Crippen molar-refractivity contribution in [3.05, 3.63) is 149 Å². The van der Waals surface area contributed by atoms with Crippen LogP contribution in [0.5, 0.6) is 17.2 Å². The highest BCUT2D eigenvalue weighted by Crippen LogP contribution is 2.62. The van der Waals surface area contributed by atoms with E-state index >= 15 is 4.79 Å².